The summed E-state index contributed by atoms with van der Waals surface area (Å²) in [6.45, 7) is 3.42. The summed E-state index contributed by atoms with van der Waals surface area (Å²) in [5.41, 5.74) is 2.76. The van der Waals surface area contributed by atoms with E-state index in [0.717, 1.165) is 30.9 Å². The Morgan fingerprint density at radius 1 is 0.966 bits per heavy atom. The molecule has 1 aliphatic rings. The molecule has 2 aromatic carbocycles. The van der Waals surface area contributed by atoms with Crippen LogP contribution >= 0.6 is 0 Å². The van der Waals surface area contributed by atoms with Crippen LogP contribution in [0.1, 0.15) is 43.2 Å². The monoisotopic (exact) mass is 417 g/mol. The lowest BCUT2D eigenvalue weighted by Gasteiger charge is -2.27. The lowest BCUT2D eigenvalue weighted by molar-refractivity contribution is -0.888. The summed E-state index contributed by atoms with van der Waals surface area (Å²) in [5, 5.41) is 0. The molecule has 2 atom stereocenters. The first-order chi connectivity index (χ1) is 13.7. The van der Waals surface area contributed by atoms with Crippen LogP contribution < -0.4 is 26.8 Å². The lowest BCUT2D eigenvalue weighted by atomic mass is 9.99. The Kier molecular flexibility index (Phi) is 10.4. The van der Waals surface area contributed by atoms with Gasteiger partial charge in [0.1, 0.15) is 11.5 Å². The summed E-state index contributed by atoms with van der Waals surface area (Å²) < 4.78 is 11.5. The number of nitrogens with one attached hydrogen (secondary N) is 1. The average molecular weight is 418 g/mol. The quantitative estimate of drug-likeness (QED) is 0.582. The fraction of sp³-hybridized carbons (Fsp3) is 0.520. The van der Waals surface area contributed by atoms with Gasteiger partial charge >= 0.3 is 0 Å². The van der Waals surface area contributed by atoms with Crippen LogP contribution in [0.4, 0.5) is 0 Å². The van der Waals surface area contributed by atoms with E-state index < -0.39 is 0 Å². The molecule has 2 unspecified atom stereocenters. The molecule has 1 fully saturated rings. The van der Waals surface area contributed by atoms with E-state index in [1.807, 2.05) is 0 Å². The maximum absolute atomic E-state index is 6.25. The van der Waals surface area contributed by atoms with E-state index in [1.54, 1.807) is 12.0 Å². The molecule has 0 bridgehead atoms. The van der Waals surface area contributed by atoms with Gasteiger partial charge in [0.25, 0.3) is 0 Å². The average Bonchev–Trinajstić information content (AvgIpc) is 2.73. The van der Waals surface area contributed by atoms with Gasteiger partial charge in [0.15, 0.2) is 0 Å². The van der Waals surface area contributed by atoms with Crippen molar-refractivity contribution in [2.75, 3.05) is 33.9 Å². The summed E-state index contributed by atoms with van der Waals surface area (Å²) >= 11 is 0. The van der Waals surface area contributed by atoms with Crippen molar-refractivity contribution in [1.82, 2.24) is 0 Å². The zero-order valence-electron chi connectivity index (χ0n) is 18.0. The van der Waals surface area contributed by atoms with E-state index in [9.17, 15) is 0 Å². The molecule has 2 aromatic rings. The Morgan fingerprint density at radius 2 is 1.72 bits per heavy atom. The maximum atomic E-state index is 6.25. The van der Waals surface area contributed by atoms with Crippen molar-refractivity contribution in [1.29, 1.82) is 0 Å². The molecule has 1 saturated heterocycles. The van der Waals surface area contributed by atoms with Crippen molar-refractivity contribution < 1.29 is 26.8 Å². The minimum Gasteiger partial charge on any atom is -1.00 e. The van der Waals surface area contributed by atoms with Gasteiger partial charge in [-0.15, -0.1) is 0 Å². The van der Waals surface area contributed by atoms with Gasteiger partial charge in [-0.05, 0) is 67.9 Å². The number of aryl methyl sites for hydroxylation is 2. The molecule has 1 aliphatic heterocycles. The number of rotatable bonds is 10. The molecular formula is C25H36ClNO2. The van der Waals surface area contributed by atoms with E-state index in [-0.39, 0.29) is 12.4 Å². The van der Waals surface area contributed by atoms with Crippen LogP contribution in [0.15, 0.2) is 48.5 Å². The fourth-order valence-corrected chi connectivity index (χ4v) is 4.20. The second-order valence-electron chi connectivity index (χ2n) is 8.25. The number of hydrogen-bond acceptors (Lipinski definition) is 2. The van der Waals surface area contributed by atoms with Gasteiger partial charge in [-0.25, -0.2) is 0 Å². The second-order valence-corrected chi connectivity index (χ2v) is 8.25. The molecule has 0 aromatic heterocycles. The zero-order valence-corrected chi connectivity index (χ0v) is 18.7. The number of quaternary nitrogens is 1. The van der Waals surface area contributed by atoms with Gasteiger partial charge in [0.2, 0.25) is 0 Å². The number of unbranched alkanes of at least 4 members (excludes halogenated alkanes) is 2. The molecule has 0 spiro atoms. The van der Waals surface area contributed by atoms with Gasteiger partial charge in [0.05, 0.1) is 33.9 Å². The van der Waals surface area contributed by atoms with Crippen LogP contribution in [0, 0.1) is 5.92 Å². The first-order valence-electron chi connectivity index (χ1n) is 10.9. The number of likely N-dealkylation sites (tertiary alicyclic amines) is 1. The third-order valence-electron chi connectivity index (χ3n) is 5.87. The first-order valence-corrected chi connectivity index (χ1v) is 10.9. The highest BCUT2D eigenvalue weighted by Crippen LogP contribution is 2.22. The Morgan fingerprint density at radius 3 is 2.48 bits per heavy atom. The number of ether oxygens (including phenoxy) is 2. The molecule has 0 amide bonds. The minimum absolute atomic E-state index is 0. The molecule has 3 nitrogen and oxygen atoms in total. The molecule has 1 N–H and O–H groups in total. The highest BCUT2D eigenvalue weighted by Gasteiger charge is 2.21. The van der Waals surface area contributed by atoms with E-state index in [2.05, 4.69) is 55.6 Å². The first kappa shape index (κ1) is 23.6. The van der Waals surface area contributed by atoms with Crippen molar-refractivity contribution in [3.05, 3.63) is 59.7 Å². The van der Waals surface area contributed by atoms with E-state index in [4.69, 9.17) is 9.47 Å². The smallest absolute Gasteiger partial charge is 0.122 e. The largest absolute Gasteiger partial charge is 1.00 e. The number of piperidine rings is 1. The SMILES string of the molecule is COc1ccc(CCCCCc2ccccc2OCC2CCC[NH+](C)C2)cc1.[Cl-]. The highest BCUT2D eigenvalue weighted by molar-refractivity contribution is 5.33. The lowest BCUT2D eigenvalue weighted by Crippen LogP contribution is -3.10. The molecule has 3 rings (SSSR count). The number of benzene rings is 2. The Hall–Kier alpha value is -1.71. The Bertz CT molecular complexity index is 704. The van der Waals surface area contributed by atoms with Crippen molar-refractivity contribution in [3.63, 3.8) is 0 Å². The number of hydrogen-bond donors (Lipinski definition) is 1. The summed E-state index contributed by atoms with van der Waals surface area (Å²) in [6.07, 6.45) is 8.57. The van der Waals surface area contributed by atoms with Crippen molar-refractivity contribution in [3.8, 4) is 11.5 Å². The molecule has 1 heterocycles. The van der Waals surface area contributed by atoms with Gasteiger partial charge < -0.3 is 26.8 Å². The van der Waals surface area contributed by atoms with Crippen LogP contribution in [-0.2, 0) is 12.8 Å². The number of halogens is 1. The number of para-hydroxylation sites is 1. The minimum atomic E-state index is 0. The molecule has 0 aliphatic carbocycles. The van der Waals surface area contributed by atoms with Crippen LogP contribution in [-0.4, -0.2) is 33.9 Å². The van der Waals surface area contributed by atoms with Crippen LogP contribution in [0.25, 0.3) is 0 Å². The van der Waals surface area contributed by atoms with Gasteiger partial charge in [-0.2, -0.15) is 0 Å². The normalized spacial score (nSPS) is 18.7. The summed E-state index contributed by atoms with van der Waals surface area (Å²) in [5.74, 6) is 2.73. The van der Waals surface area contributed by atoms with Gasteiger partial charge in [0, 0.05) is 5.92 Å². The molecule has 4 heteroatoms. The zero-order chi connectivity index (χ0) is 19.6. The third-order valence-corrected chi connectivity index (χ3v) is 5.87. The van der Waals surface area contributed by atoms with E-state index in [1.165, 1.54) is 56.3 Å². The number of methoxy groups -OCH3 is 1. The van der Waals surface area contributed by atoms with E-state index in [0.29, 0.717) is 5.92 Å². The van der Waals surface area contributed by atoms with Gasteiger partial charge in [-0.3, -0.25) is 0 Å². The molecule has 160 valence electrons. The van der Waals surface area contributed by atoms with E-state index >= 15 is 0 Å². The molecule has 29 heavy (non-hydrogen) atoms. The Balaban J connectivity index is 0.00000300. The van der Waals surface area contributed by atoms with Crippen LogP contribution in [0.2, 0.25) is 0 Å². The molecule has 0 saturated carbocycles. The summed E-state index contributed by atoms with van der Waals surface area (Å²) in [4.78, 5) is 1.64. The topological polar surface area (TPSA) is 22.9 Å². The third kappa shape index (κ3) is 7.91. The fourth-order valence-electron chi connectivity index (χ4n) is 4.20. The highest BCUT2D eigenvalue weighted by atomic mass is 35.5. The standard InChI is InChI=1S/C25H35NO2.ClH/c1-26-18-8-10-22(19-26)20-28-25-13-7-6-12-23(25)11-5-3-4-9-21-14-16-24(27-2)17-15-21;/h6-7,12-17,22H,3-5,8-11,18-20H2,1-2H3;1H. The van der Waals surface area contributed by atoms with Crippen molar-refractivity contribution >= 4 is 0 Å². The van der Waals surface area contributed by atoms with Crippen molar-refractivity contribution in [2.45, 2.75) is 44.9 Å². The van der Waals surface area contributed by atoms with Gasteiger partial charge in [-0.1, -0.05) is 36.8 Å². The van der Waals surface area contributed by atoms with Crippen LogP contribution in [0.3, 0.4) is 0 Å². The van der Waals surface area contributed by atoms with Crippen molar-refractivity contribution in [2.24, 2.45) is 5.92 Å². The second kappa shape index (κ2) is 12.8. The summed E-state index contributed by atoms with van der Waals surface area (Å²) in [6, 6.07) is 17.1. The Labute approximate surface area is 182 Å². The maximum Gasteiger partial charge on any atom is 0.122 e. The predicted octanol–water partition coefficient (Wildman–Crippen LogP) is 0.958. The molecule has 0 radical (unpaired) electrons. The predicted molar refractivity (Wildman–Crippen MR) is 116 cm³/mol. The molecular weight excluding hydrogens is 382 g/mol. The van der Waals surface area contributed by atoms with Crippen LogP contribution in [0.5, 0.6) is 11.5 Å². The summed E-state index contributed by atoms with van der Waals surface area (Å²) in [7, 11) is 4.01.